The quantitative estimate of drug-likeness (QED) is 0.653. The molecule has 0 bridgehead atoms. The monoisotopic (exact) mass is 353 g/mol. The second kappa shape index (κ2) is 8.19. The van der Waals surface area contributed by atoms with Gasteiger partial charge in [0.1, 0.15) is 5.82 Å². The Morgan fingerprint density at radius 1 is 1.31 bits per heavy atom. The molecule has 0 aliphatic carbocycles. The van der Waals surface area contributed by atoms with Gasteiger partial charge in [-0.3, -0.25) is 0 Å². The van der Waals surface area contributed by atoms with Crippen LogP contribution in [0.3, 0.4) is 0 Å². The van der Waals surface area contributed by atoms with Crippen molar-refractivity contribution in [2.45, 2.75) is 33.4 Å². The molecule has 1 aromatic carbocycles. The molecule has 0 saturated carbocycles. The van der Waals surface area contributed by atoms with Gasteiger partial charge in [-0.05, 0) is 55.7 Å². The molecular formula is C20H27N5O. The van der Waals surface area contributed by atoms with Crippen molar-refractivity contribution < 1.29 is 4.74 Å². The number of ether oxygens (including phenoxy) is 1. The maximum atomic E-state index is 6.01. The lowest BCUT2D eigenvalue weighted by Crippen LogP contribution is -2.41. The summed E-state index contributed by atoms with van der Waals surface area (Å²) in [4.78, 5) is 11.2. The van der Waals surface area contributed by atoms with Gasteiger partial charge >= 0.3 is 0 Å². The van der Waals surface area contributed by atoms with Gasteiger partial charge in [0.2, 0.25) is 0 Å². The molecule has 1 atom stereocenters. The number of pyridine rings is 1. The van der Waals surface area contributed by atoms with Gasteiger partial charge in [-0.1, -0.05) is 12.1 Å². The molecule has 6 heteroatoms. The van der Waals surface area contributed by atoms with Crippen LogP contribution in [0.2, 0.25) is 0 Å². The lowest BCUT2D eigenvalue weighted by Gasteiger charge is -2.32. The minimum Gasteiger partial charge on any atom is -0.375 e. The number of nitrogens with zero attached hydrogens (tertiary/aromatic N) is 3. The summed E-state index contributed by atoms with van der Waals surface area (Å²) in [5, 5.41) is 3.15. The number of benzene rings is 1. The van der Waals surface area contributed by atoms with Crippen LogP contribution in [0.5, 0.6) is 0 Å². The number of aromatic nitrogens is 1. The Morgan fingerprint density at radius 3 is 2.73 bits per heavy atom. The number of morpholine rings is 1. The molecule has 0 spiro atoms. The molecule has 1 fully saturated rings. The molecule has 1 aromatic heterocycles. The normalized spacial score (nSPS) is 18.0. The van der Waals surface area contributed by atoms with Gasteiger partial charge in [0.25, 0.3) is 0 Å². The number of aryl methyl sites for hydroxylation is 2. The Labute approximate surface area is 155 Å². The van der Waals surface area contributed by atoms with Crippen LogP contribution in [-0.2, 0) is 11.3 Å². The number of anilines is 2. The molecule has 1 aliphatic rings. The summed E-state index contributed by atoms with van der Waals surface area (Å²) in [7, 11) is 0. The predicted molar refractivity (Wildman–Crippen MR) is 107 cm³/mol. The highest BCUT2D eigenvalue weighted by molar-refractivity contribution is 5.92. The first-order valence-electron chi connectivity index (χ1n) is 8.96. The van der Waals surface area contributed by atoms with Gasteiger partial charge in [0.15, 0.2) is 5.96 Å². The van der Waals surface area contributed by atoms with Crippen LogP contribution in [0.15, 0.2) is 41.5 Å². The molecule has 1 saturated heterocycles. The van der Waals surface area contributed by atoms with Gasteiger partial charge in [-0.2, -0.15) is 0 Å². The number of hydrogen-bond donors (Lipinski definition) is 2. The van der Waals surface area contributed by atoms with E-state index in [0.717, 1.165) is 36.8 Å². The predicted octanol–water partition coefficient (Wildman–Crippen LogP) is 2.85. The van der Waals surface area contributed by atoms with Crippen molar-refractivity contribution >= 4 is 17.5 Å². The average molecular weight is 353 g/mol. The molecule has 6 nitrogen and oxygen atoms in total. The van der Waals surface area contributed by atoms with Gasteiger partial charge in [-0.25, -0.2) is 9.98 Å². The van der Waals surface area contributed by atoms with E-state index >= 15 is 0 Å². The van der Waals surface area contributed by atoms with Gasteiger partial charge in [0.05, 0.1) is 19.3 Å². The molecular weight excluding hydrogens is 326 g/mol. The third-order valence-electron chi connectivity index (χ3n) is 4.30. The van der Waals surface area contributed by atoms with Gasteiger partial charge in [-0.15, -0.1) is 0 Å². The van der Waals surface area contributed by atoms with Gasteiger partial charge < -0.3 is 20.7 Å². The molecule has 3 N–H and O–H groups in total. The molecule has 3 rings (SSSR count). The fourth-order valence-electron chi connectivity index (χ4n) is 3.13. The highest BCUT2D eigenvalue weighted by atomic mass is 16.5. The lowest BCUT2D eigenvalue weighted by atomic mass is 10.1. The van der Waals surface area contributed by atoms with E-state index in [1.165, 1.54) is 11.1 Å². The van der Waals surface area contributed by atoms with Crippen LogP contribution in [0, 0.1) is 13.8 Å². The topological polar surface area (TPSA) is 75.8 Å². The summed E-state index contributed by atoms with van der Waals surface area (Å²) >= 11 is 0. The second-order valence-corrected chi connectivity index (χ2v) is 6.85. The van der Waals surface area contributed by atoms with E-state index in [1.54, 1.807) is 0 Å². The molecule has 1 unspecified atom stereocenters. The van der Waals surface area contributed by atoms with Gasteiger partial charge in [0, 0.05) is 25.0 Å². The number of nitrogens with one attached hydrogen (secondary N) is 1. The van der Waals surface area contributed by atoms with E-state index in [2.05, 4.69) is 65.2 Å². The largest absolute Gasteiger partial charge is 0.375 e. The van der Waals surface area contributed by atoms with E-state index in [0.29, 0.717) is 12.5 Å². The summed E-state index contributed by atoms with van der Waals surface area (Å²) in [6.45, 7) is 9.20. The van der Waals surface area contributed by atoms with Crippen molar-refractivity contribution in [2.75, 3.05) is 29.9 Å². The molecule has 0 radical (unpaired) electrons. The van der Waals surface area contributed by atoms with Crippen LogP contribution >= 0.6 is 0 Å². The van der Waals surface area contributed by atoms with E-state index in [-0.39, 0.29) is 6.10 Å². The van der Waals surface area contributed by atoms with E-state index < -0.39 is 0 Å². The Kier molecular flexibility index (Phi) is 5.73. The highest BCUT2D eigenvalue weighted by Gasteiger charge is 2.17. The van der Waals surface area contributed by atoms with Crippen LogP contribution in [0.4, 0.5) is 11.5 Å². The van der Waals surface area contributed by atoms with Crippen molar-refractivity contribution in [3.63, 3.8) is 0 Å². The van der Waals surface area contributed by atoms with Crippen molar-refractivity contribution in [2.24, 2.45) is 10.7 Å². The van der Waals surface area contributed by atoms with Crippen LogP contribution in [-0.4, -0.2) is 36.7 Å². The zero-order chi connectivity index (χ0) is 18.5. The molecule has 1 aliphatic heterocycles. The van der Waals surface area contributed by atoms with Crippen molar-refractivity contribution in [3.05, 3.63) is 53.2 Å². The van der Waals surface area contributed by atoms with Crippen molar-refractivity contribution in [1.29, 1.82) is 0 Å². The Morgan fingerprint density at radius 2 is 2.08 bits per heavy atom. The summed E-state index contributed by atoms with van der Waals surface area (Å²) < 4.78 is 5.57. The SMILES string of the molecule is Cc1cc(C)cc(NC(N)=NCc2ccc(N3CCOC(C)C3)nc2)c1. The van der Waals surface area contributed by atoms with Crippen LogP contribution < -0.4 is 16.0 Å². The molecule has 26 heavy (non-hydrogen) atoms. The Balaban J connectivity index is 1.59. The zero-order valence-electron chi connectivity index (χ0n) is 15.7. The van der Waals surface area contributed by atoms with Crippen molar-refractivity contribution in [1.82, 2.24) is 4.98 Å². The molecule has 2 heterocycles. The van der Waals surface area contributed by atoms with E-state index in [4.69, 9.17) is 10.5 Å². The third-order valence-corrected chi connectivity index (χ3v) is 4.30. The van der Waals surface area contributed by atoms with E-state index in [9.17, 15) is 0 Å². The first kappa shape index (κ1) is 18.2. The zero-order valence-corrected chi connectivity index (χ0v) is 15.7. The Bertz CT molecular complexity index is 752. The maximum absolute atomic E-state index is 6.01. The molecule has 138 valence electrons. The smallest absolute Gasteiger partial charge is 0.193 e. The number of rotatable bonds is 4. The standard InChI is InChI=1S/C20H27N5O/c1-14-8-15(2)10-18(9-14)24-20(21)23-12-17-4-5-19(22-11-17)25-6-7-26-16(3)13-25/h4-5,8-11,16H,6-7,12-13H2,1-3H3,(H3,21,23,24). The lowest BCUT2D eigenvalue weighted by molar-refractivity contribution is 0.0529. The minimum atomic E-state index is 0.242. The van der Waals surface area contributed by atoms with Crippen LogP contribution in [0.25, 0.3) is 0 Å². The molecule has 0 amide bonds. The summed E-state index contributed by atoms with van der Waals surface area (Å²) in [6.07, 6.45) is 2.11. The third kappa shape index (κ3) is 4.95. The fourth-order valence-corrected chi connectivity index (χ4v) is 3.13. The summed E-state index contributed by atoms with van der Waals surface area (Å²) in [6, 6.07) is 10.3. The van der Waals surface area contributed by atoms with Crippen LogP contribution in [0.1, 0.15) is 23.6 Å². The summed E-state index contributed by atoms with van der Waals surface area (Å²) in [5.74, 6) is 1.38. The van der Waals surface area contributed by atoms with Crippen molar-refractivity contribution in [3.8, 4) is 0 Å². The maximum Gasteiger partial charge on any atom is 0.193 e. The van der Waals surface area contributed by atoms with E-state index in [1.807, 2.05) is 12.3 Å². The highest BCUT2D eigenvalue weighted by Crippen LogP contribution is 2.16. The number of guanidine groups is 1. The summed E-state index contributed by atoms with van der Waals surface area (Å²) in [5.41, 5.74) is 10.4. The first-order chi connectivity index (χ1) is 12.5. The Hall–Kier alpha value is -2.60. The molecule has 2 aromatic rings. The second-order valence-electron chi connectivity index (χ2n) is 6.85. The first-order valence-corrected chi connectivity index (χ1v) is 8.96. The minimum absolute atomic E-state index is 0.242. The number of aliphatic imine (C=N–C) groups is 1. The number of nitrogens with two attached hydrogens (primary N) is 1. The fraction of sp³-hybridized carbons (Fsp3) is 0.400. The number of hydrogen-bond acceptors (Lipinski definition) is 4. The average Bonchev–Trinajstić information content (AvgIpc) is 2.59.